The molecule has 0 aromatic carbocycles. The Morgan fingerprint density at radius 1 is 1.10 bits per heavy atom. The maximum Gasteiger partial charge on any atom is 0.326 e. The summed E-state index contributed by atoms with van der Waals surface area (Å²) in [6, 6.07) is -3.55. The molecule has 1 rings (SSSR count). The van der Waals surface area contributed by atoms with Gasteiger partial charge in [-0.1, -0.05) is 0 Å². The van der Waals surface area contributed by atoms with Crippen LogP contribution in [0.4, 0.5) is 0 Å². The average Bonchev–Trinajstić information content (AvgIpc) is 3.19. The molecule has 0 radical (unpaired) electrons. The first-order chi connectivity index (χ1) is 14.6. The van der Waals surface area contributed by atoms with Crippen LogP contribution in [0.5, 0.6) is 0 Å². The molecule has 0 saturated carbocycles. The molecule has 1 aromatic rings. The fraction of sp³-hybridized carbons (Fsp3) is 0.529. The molecule has 0 fully saturated rings. The first kappa shape index (κ1) is 25.4. The van der Waals surface area contributed by atoms with E-state index in [-0.39, 0.29) is 31.8 Å². The third-order valence-corrected chi connectivity index (χ3v) is 4.17. The van der Waals surface area contributed by atoms with Crippen molar-refractivity contribution in [2.24, 2.45) is 22.2 Å². The minimum absolute atomic E-state index is 0.0937. The quantitative estimate of drug-likeness (QED) is 0.0840. The summed E-state index contributed by atoms with van der Waals surface area (Å²) in [5.74, 6) is -4.15. The van der Waals surface area contributed by atoms with Gasteiger partial charge in [-0.05, 0) is 19.3 Å². The van der Waals surface area contributed by atoms with Gasteiger partial charge in [0.15, 0.2) is 5.96 Å². The van der Waals surface area contributed by atoms with Crippen LogP contribution in [0.2, 0.25) is 0 Å². The number of carbonyl (C=O) groups excluding carboxylic acids is 2. The van der Waals surface area contributed by atoms with Crippen LogP contribution in [0.1, 0.15) is 31.4 Å². The minimum Gasteiger partial charge on any atom is -0.481 e. The highest BCUT2D eigenvalue weighted by atomic mass is 16.4. The summed E-state index contributed by atoms with van der Waals surface area (Å²) < 4.78 is 0. The molecule has 0 aliphatic heterocycles. The predicted molar refractivity (Wildman–Crippen MR) is 109 cm³/mol. The van der Waals surface area contributed by atoms with Gasteiger partial charge in [0.05, 0.1) is 12.4 Å². The maximum absolute atomic E-state index is 12.6. The summed E-state index contributed by atoms with van der Waals surface area (Å²) in [6.07, 6.45) is 2.72. The fourth-order valence-corrected chi connectivity index (χ4v) is 2.57. The van der Waals surface area contributed by atoms with Gasteiger partial charge in [-0.2, -0.15) is 0 Å². The number of aliphatic carboxylic acids is 2. The van der Waals surface area contributed by atoms with Crippen molar-refractivity contribution in [2.75, 3.05) is 6.54 Å². The van der Waals surface area contributed by atoms with Crippen LogP contribution in [-0.4, -0.2) is 74.6 Å². The minimum atomic E-state index is -1.43. The van der Waals surface area contributed by atoms with Crippen molar-refractivity contribution >= 4 is 29.7 Å². The highest BCUT2D eigenvalue weighted by molar-refractivity contribution is 5.91. The van der Waals surface area contributed by atoms with Crippen LogP contribution in [-0.2, 0) is 25.6 Å². The lowest BCUT2D eigenvalue weighted by Crippen LogP contribution is -2.54. The lowest BCUT2D eigenvalue weighted by molar-refractivity contribution is -0.143. The van der Waals surface area contributed by atoms with Crippen LogP contribution in [0.15, 0.2) is 17.5 Å². The normalized spacial score (nSPS) is 13.5. The molecule has 0 bridgehead atoms. The van der Waals surface area contributed by atoms with Crippen molar-refractivity contribution in [1.29, 1.82) is 0 Å². The monoisotopic (exact) mass is 440 g/mol. The van der Waals surface area contributed by atoms with Gasteiger partial charge in [0.2, 0.25) is 11.8 Å². The Kier molecular flexibility index (Phi) is 10.5. The Hall–Kier alpha value is -3.68. The van der Waals surface area contributed by atoms with Gasteiger partial charge in [-0.25, -0.2) is 9.78 Å². The van der Waals surface area contributed by atoms with E-state index in [9.17, 15) is 24.3 Å². The molecule has 0 saturated heterocycles. The number of hydrogen-bond acceptors (Lipinski definition) is 7. The van der Waals surface area contributed by atoms with Gasteiger partial charge >= 0.3 is 11.9 Å². The van der Waals surface area contributed by atoms with Crippen LogP contribution in [0, 0.1) is 0 Å². The first-order valence-corrected chi connectivity index (χ1v) is 9.43. The summed E-state index contributed by atoms with van der Waals surface area (Å²) in [4.78, 5) is 57.6. The highest BCUT2D eigenvalue weighted by Crippen LogP contribution is 2.05. The van der Waals surface area contributed by atoms with Crippen molar-refractivity contribution in [3.8, 4) is 0 Å². The van der Waals surface area contributed by atoms with Crippen LogP contribution < -0.4 is 27.8 Å². The Balaban J connectivity index is 2.80. The second-order valence-electron chi connectivity index (χ2n) is 6.73. The molecule has 172 valence electrons. The third kappa shape index (κ3) is 10.1. The summed E-state index contributed by atoms with van der Waals surface area (Å²) in [5.41, 5.74) is 17.0. The van der Waals surface area contributed by atoms with Crippen LogP contribution in [0.25, 0.3) is 0 Å². The van der Waals surface area contributed by atoms with E-state index in [0.29, 0.717) is 12.1 Å². The number of carboxylic acids is 2. The number of aromatic amines is 1. The Morgan fingerprint density at radius 2 is 1.77 bits per heavy atom. The summed E-state index contributed by atoms with van der Waals surface area (Å²) in [6.45, 7) is 0.184. The van der Waals surface area contributed by atoms with Gasteiger partial charge in [-0.3, -0.25) is 19.4 Å². The number of H-pyrrole nitrogens is 1. The molecule has 11 N–H and O–H groups in total. The Bertz CT molecular complexity index is 778. The molecule has 0 aliphatic carbocycles. The van der Waals surface area contributed by atoms with Crippen molar-refractivity contribution in [3.05, 3.63) is 18.2 Å². The van der Waals surface area contributed by atoms with Crippen molar-refractivity contribution in [2.45, 2.75) is 50.2 Å². The number of imidazole rings is 1. The zero-order chi connectivity index (χ0) is 23.4. The molecule has 3 atom stereocenters. The Morgan fingerprint density at radius 3 is 2.32 bits per heavy atom. The zero-order valence-electron chi connectivity index (χ0n) is 16.8. The standard InChI is InChI=1S/C17H28N8O6/c18-10(6-9-7-21-8-23-9)14(28)24-11(2-1-5-22-17(19)20)15(29)25-12(16(30)31)3-4-13(26)27/h7-8,10-12H,1-6,18H2,(H,21,23)(H,24,28)(H,25,29)(H,26,27)(H,30,31)(H4,19,20,22)/t10-,11-,12-/m0/s1. The number of carboxylic acid groups (broad SMARTS) is 2. The summed E-state index contributed by atoms with van der Waals surface area (Å²) in [5, 5.41) is 22.7. The number of nitrogens with two attached hydrogens (primary N) is 3. The predicted octanol–water partition coefficient (Wildman–Crippen LogP) is -2.75. The number of aliphatic imine (C=N–C) groups is 1. The number of carbonyl (C=O) groups is 4. The van der Waals surface area contributed by atoms with Crippen LogP contribution >= 0.6 is 0 Å². The van der Waals surface area contributed by atoms with Crippen molar-refractivity contribution < 1.29 is 29.4 Å². The number of nitrogens with one attached hydrogen (secondary N) is 3. The molecule has 14 heteroatoms. The molecule has 14 nitrogen and oxygen atoms in total. The van der Waals surface area contributed by atoms with E-state index in [2.05, 4.69) is 25.6 Å². The molecule has 0 aliphatic rings. The molecule has 1 aromatic heterocycles. The van der Waals surface area contributed by atoms with Gasteiger partial charge < -0.3 is 43.0 Å². The number of aromatic nitrogens is 2. The number of rotatable bonds is 14. The lowest BCUT2D eigenvalue weighted by Gasteiger charge is -2.22. The van der Waals surface area contributed by atoms with E-state index in [1.165, 1.54) is 12.5 Å². The van der Waals surface area contributed by atoms with Gasteiger partial charge in [0.1, 0.15) is 12.1 Å². The van der Waals surface area contributed by atoms with Gasteiger partial charge in [-0.15, -0.1) is 0 Å². The maximum atomic E-state index is 12.6. The number of guanidine groups is 1. The zero-order valence-corrected chi connectivity index (χ0v) is 16.8. The summed E-state index contributed by atoms with van der Waals surface area (Å²) >= 11 is 0. The smallest absolute Gasteiger partial charge is 0.326 e. The molecule has 0 unspecified atom stereocenters. The lowest BCUT2D eigenvalue weighted by atomic mass is 10.1. The molecular formula is C17H28N8O6. The molecular weight excluding hydrogens is 412 g/mol. The van der Waals surface area contributed by atoms with Crippen LogP contribution in [0.3, 0.4) is 0 Å². The van der Waals surface area contributed by atoms with E-state index >= 15 is 0 Å². The fourth-order valence-electron chi connectivity index (χ4n) is 2.57. The van der Waals surface area contributed by atoms with E-state index in [4.69, 9.17) is 22.3 Å². The van der Waals surface area contributed by atoms with E-state index < -0.39 is 48.3 Å². The molecule has 2 amide bonds. The van der Waals surface area contributed by atoms with Crippen molar-refractivity contribution in [1.82, 2.24) is 20.6 Å². The second-order valence-corrected chi connectivity index (χ2v) is 6.73. The van der Waals surface area contributed by atoms with Crippen molar-refractivity contribution in [3.63, 3.8) is 0 Å². The average molecular weight is 440 g/mol. The van der Waals surface area contributed by atoms with Gasteiger partial charge in [0.25, 0.3) is 0 Å². The first-order valence-electron chi connectivity index (χ1n) is 9.43. The highest BCUT2D eigenvalue weighted by Gasteiger charge is 2.28. The van der Waals surface area contributed by atoms with Gasteiger partial charge in [0, 0.05) is 31.3 Å². The second kappa shape index (κ2) is 12.8. The molecule has 0 spiro atoms. The third-order valence-electron chi connectivity index (χ3n) is 4.17. The SMILES string of the molecule is NC(N)=NCCC[C@H](NC(=O)[C@@H](N)Cc1cnc[nH]1)C(=O)N[C@@H](CCC(=O)O)C(=O)O. The number of amides is 2. The topological polar surface area (TPSA) is 252 Å². The van der Waals surface area contributed by atoms with E-state index in [1.807, 2.05) is 0 Å². The number of nitrogens with zero attached hydrogens (tertiary/aromatic N) is 2. The largest absolute Gasteiger partial charge is 0.481 e. The Labute approximate surface area is 177 Å². The van der Waals surface area contributed by atoms with E-state index in [0.717, 1.165) is 0 Å². The molecule has 1 heterocycles. The number of hydrogen-bond donors (Lipinski definition) is 8. The van der Waals surface area contributed by atoms with E-state index in [1.54, 1.807) is 0 Å². The summed E-state index contributed by atoms with van der Waals surface area (Å²) in [7, 11) is 0. The molecule has 31 heavy (non-hydrogen) atoms.